The number of aliphatic carboxylic acids is 1. The molecule has 0 atom stereocenters. The molecule has 98 valence electrons. The topological polar surface area (TPSA) is 89.6 Å². The number of carboxylic acid groups (broad SMARTS) is 1. The first-order valence-corrected chi connectivity index (χ1v) is 5.50. The molecule has 0 aliphatic rings. The number of nitrogen functional groups attached to an aromatic ring is 1. The number of hydrogen-bond acceptors (Lipinski definition) is 4. The molecule has 0 aliphatic carbocycles. The zero-order chi connectivity index (χ0) is 13.9. The number of aryl methyl sites for hydroxylation is 1. The zero-order valence-electron chi connectivity index (χ0n) is 10.7. The van der Waals surface area contributed by atoms with Crippen LogP contribution in [0.15, 0.2) is 18.2 Å². The first-order valence-electron chi connectivity index (χ1n) is 5.50. The lowest BCUT2D eigenvalue weighted by atomic mass is 9.95. The van der Waals surface area contributed by atoms with Crippen LogP contribution >= 0.6 is 0 Å². The van der Waals surface area contributed by atoms with Crippen molar-refractivity contribution >= 4 is 17.6 Å². The van der Waals surface area contributed by atoms with Crippen molar-refractivity contribution < 1.29 is 19.4 Å². The zero-order valence-corrected chi connectivity index (χ0v) is 10.7. The predicted molar refractivity (Wildman–Crippen MR) is 67.3 cm³/mol. The van der Waals surface area contributed by atoms with Crippen molar-refractivity contribution in [3.05, 3.63) is 29.3 Å². The normalized spacial score (nSPS) is 11.1. The third kappa shape index (κ3) is 3.23. The van der Waals surface area contributed by atoms with E-state index in [0.717, 1.165) is 5.56 Å². The maximum atomic E-state index is 11.7. The summed E-state index contributed by atoms with van der Waals surface area (Å²) in [6, 6.07) is 4.79. The SMILES string of the molecule is Cc1cc(C(=O)OCC(C)(C)C(=O)O)ccc1N. The average Bonchev–Trinajstić information content (AvgIpc) is 2.29. The van der Waals surface area contributed by atoms with Gasteiger partial charge in [-0.3, -0.25) is 4.79 Å². The lowest BCUT2D eigenvalue weighted by Gasteiger charge is -2.18. The molecule has 0 radical (unpaired) electrons. The van der Waals surface area contributed by atoms with Gasteiger partial charge in [0.05, 0.1) is 11.0 Å². The quantitative estimate of drug-likeness (QED) is 0.629. The van der Waals surface area contributed by atoms with Crippen molar-refractivity contribution in [3.8, 4) is 0 Å². The van der Waals surface area contributed by atoms with Crippen molar-refractivity contribution in [2.24, 2.45) is 5.41 Å². The molecule has 0 aromatic heterocycles. The van der Waals surface area contributed by atoms with Gasteiger partial charge in [-0.25, -0.2) is 4.79 Å². The molecular weight excluding hydrogens is 234 g/mol. The minimum Gasteiger partial charge on any atom is -0.481 e. The molecule has 0 amide bonds. The summed E-state index contributed by atoms with van der Waals surface area (Å²) in [5.41, 5.74) is 6.28. The highest BCUT2D eigenvalue weighted by Crippen LogP contribution is 2.18. The fourth-order valence-corrected chi connectivity index (χ4v) is 1.19. The van der Waals surface area contributed by atoms with Gasteiger partial charge in [-0.2, -0.15) is 0 Å². The Balaban J connectivity index is 2.72. The minimum atomic E-state index is -1.10. The van der Waals surface area contributed by atoms with E-state index in [1.165, 1.54) is 13.8 Å². The van der Waals surface area contributed by atoms with Gasteiger partial charge in [-0.05, 0) is 44.5 Å². The fraction of sp³-hybridized carbons (Fsp3) is 0.385. The second kappa shape index (κ2) is 5.08. The monoisotopic (exact) mass is 251 g/mol. The Morgan fingerprint density at radius 2 is 2.00 bits per heavy atom. The number of benzene rings is 1. The molecule has 0 heterocycles. The third-order valence-electron chi connectivity index (χ3n) is 2.65. The van der Waals surface area contributed by atoms with Gasteiger partial charge >= 0.3 is 11.9 Å². The van der Waals surface area contributed by atoms with Crippen LogP contribution in [-0.2, 0) is 9.53 Å². The summed E-state index contributed by atoms with van der Waals surface area (Å²) in [6.07, 6.45) is 0. The first kappa shape index (κ1) is 14.0. The molecule has 0 bridgehead atoms. The molecule has 3 N–H and O–H groups in total. The molecule has 5 heteroatoms. The Morgan fingerprint density at radius 1 is 1.39 bits per heavy atom. The average molecular weight is 251 g/mol. The van der Waals surface area contributed by atoms with Gasteiger partial charge in [-0.15, -0.1) is 0 Å². The first-order chi connectivity index (χ1) is 8.24. The van der Waals surface area contributed by atoms with E-state index in [1.807, 2.05) is 0 Å². The summed E-state index contributed by atoms with van der Waals surface area (Å²) in [5.74, 6) is -1.56. The Bertz CT molecular complexity index is 480. The van der Waals surface area contributed by atoms with Crippen molar-refractivity contribution in [1.29, 1.82) is 0 Å². The van der Waals surface area contributed by atoms with Crippen molar-refractivity contribution in [3.63, 3.8) is 0 Å². The molecular formula is C13H17NO4. The highest BCUT2D eigenvalue weighted by atomic mass is 16.5. The second-order valence-electron chi connectivity index (χ2n) is 4.84. The predicted octanol–water partition coefficient (Wildman–Crippen LogP) is 1.84. The number of carboxylic acids is 1. The van der Waals surface area contributed by atoms with Crippen LogP contribution in [0.1, 0.15) is 29.8 Å². The standard InChI is InChI=1S/C13H17NO4/c1-8-6-9(4-5-10(8)14)11(15)18-7-13(2,3)12(16)17/h4-6H,7,14H2,1-3H3,(H,16,17). The van der Waals surface area contributed by atoms with Crippen LogP contribution in [0.2, 0.25) is 0 Å². The Hall–Kier alpha value is -2.04. The number of carbonyl (C=O) groups excluding carboxylic acids is 1. The highest BCUT2D eigenvalue weighted by molar-refractivity contribution is 5.90. The molecule has 0 aliphatic heterocycles. The summed E-state index contributed by atoms with van der Waals surface area (Å²) < 4.78 is 4.99. The maximum Gasteiger partial charge on any atom is 0.338 e. The van der Waals surface area contributed by atoms with E-state index in [1.54, 1.807) is 25.1 Å². The van der Waals surface area contributed by atoms with Gasteiger partial charge in [0, 0.05) is 5.69 Å². The molecule has 0 unspecified atom stereocenters. The van der Waals surface area contributed by atoms with Crippen LogP contribution in [0.3, 0.4) is 0 Å². The van der Waals surface area contributed by atoms with Gasteiger partial charge < -0.3 is 15.6 Å². The van der Waals surface area contributed by atoms with Crippen molar-refractivity contribution in [2.75, 3.05) is 12.3 Å². The van der Waals surface area contributed by atoms with Gasteiger partial charge in [0.2, 0.25) is 0 Å². The van der Waals surface area contributed by atoms with Gasteiger partial charge in [0.1, 0.15) is 6.61 Å². The minimum absolute atomic E-state index is 0.176. The number of ether oxygens (including phenoxy) is 1. The van der Waals surface area contributed by atoms with Gasteiger partial charge in [0.25, 0.3) is 0 Å². The van der Waals surface area contributed by atoms with E-state index in [0.29, 0.717) is 11.3 Å². The maximum absolute atomic E-state index is 11.7. The number of hydrogen-bond donors (Lipinski definition) is 2. The van der Waals surface area contributed by atoms with E-state index in [2.05, 4.69) is 0 Å². The molecule has 0 saturated heterocycles. The number of rotatable bonds is 4. The molecule has 0 spiro atoms. The molecule has 1 rings (SSSR count). The molecule has 5 nitrogen and oxygen atoms in total. The Morgan fingerprint density at radius 3 is 2.50 bits per heavy atom. The summed E-state index contributed by atoms with van der Waals surface area (Å²) in [5, 5.41) is 8.90. The summed E-state index contributed by atoms with van der Waals surface area (Å²) in [6.45, 7) is 4.60. The smallest absolute Gasteiger partial charge is 0.338 e. The van der Waals surface area contributed by atoms with Crippen LogP contribution in [0.25, 0.3) is 0 Å². The summed E-state index contributed by atoms with van der Waals surface area (Å²) in [7, 11) is 0. The van der Waals surface area contributed by atoms with Crippen molar-refractivity contribution in [2.45, 2.75) is 20.8 Å². The molecule has 1 aromatic rings. The van der Waals surface area contributed by atoms with Crippen LogP contribution in [0.5, 0.6) is 0 Å². The second-order valence-corrected chi connectivity index (χ2v) is 4.84. The molecule has 0 fully saturated rings. The lowest BCUT2D eigenvalue weighted by Crippen LogP contribution is -2.30. The van der Waals surface area contributed by atoms with Crippen LogP contribution < -0.4 is 5.73 Å². The van der Waals surface area contributed by atoms with E-state index in [4.69, 9.17) is 15.6 Å². The molecule has 18 heavy (non-hydrogen) atoms. The highest BCUT2D eigenvalue weighted by Gasteiger charge is 2.29. The van der Waals surface area contributed by atoms with Gasteiger partial charge in [0.15, 0.2) is 0 Å². The Labute approximate surface area is 106 Å². The fourth-order valence-electron chi connectivity index (χ4n) is 1.19. The molecule has 1 aromatic carbocycles. The number of esters is 1. The van der Waals surface area contributed by atoms with E-state index < -0.39 is 17.4 Å². The number of carbonyl (C=O) groups is 2. The van der Waals surface area contributed by atoms with Crippen molar-refractivity contribution in [1.82, 2.24) is 0 Å². The third-order valence-corrected chi connectivity index (χ3v) is 2.65. The summed E-state index contributed by atoms with van der Waals surface area (Å²) in [4.78, 5) is 22.6. The van der Waals surface area contributed by atoms with Crippen LogP contribution in [0, 0.1) is 12.3 Å². The Kier molecular flexibility index (Phi) is 3.96. The molecule has 0 saturated carbocycles. The number of anilines is 1. The summed E-state index contributed by atoms with van der Waals surface area (Å²) >= 11 is 0. The largest absolute Gasteiger partial charge is 0.481 e. The van der Waals surface area contributed by atoms with Crippen LogP contribution in [-0.4, -0.2) is 23.7 Å². The number of nitrogens with two attached hydrogens (primary N) is 1. The van der Waals surface area contributed by atoms with E-state index >= 15 is 0 Å². The lowest BCUT2D eigenvalue weighted by molar-refractivity contribution is -0.149. The van der Waals surface area contributed by atoms with Crippen LogP contribution in [0.4, 0.5) is 5.69 Å². The van der Waals surface area contributed by atoms with E-state index in [9.17, 15) is 9.59 Å². The van der Waals surface area contributed by atoms with Gasteiger partial charge in [-0.1, -0.05) is 0 Å². The van der Waals surface area contributed by atoms with E-state index in [-0.39, 0.29) is 6.61 Å².